The van der Waals surface area contributed by atoms with Crippen molar-refractivity contribution in [3.05, 3.63) is 41.5 Å². The summed E-state index contributed by atoms with van der Waals surface area (Å²) in [6.07, 6.45) is 2.09. The van der Waals surface area contributed by atoms with Crippen molar-refractivity contribution < 1.29 is 5.11 Å². The molecule has 25 heavy (non-hydrogen) atoms. The first-order valence-corrected chi connectivity index (χ1v) is 8.40. The quantitative estimate of drug-likeness (QED) is 0.374. The summed E-state index contributed by atoms with van der Waals surface area (Å²) in [6, 6.07) is 7.24. The minimum absolute atomic E-state index is 0. The molecule has 1 aromatic heterocycles. The van der Waals surface area contributed by atoms with Gasteiger partial charge >= 0.3 is 0 Å². The Morgan fingerprint density at radius 2 is 2.12 bits per heavy atom. The van der Waals surface area contributed by atoms with Crippen LogP contribution < -0.4 is 10.6 Å². The van der Waals surface area contributed by atoms with Crippen LogP contribution in [0.2, 0.25) is 0 Å². The minimum Gasteiger partial charge on any atom is -0.508 e. The molecule has 8 heteroatoms. The number of hydrogen-bond acceptors (Lipinski definition) is 4. The molecule has 0 radical (unpaired) electrons. The molecule has 2 aromatic rings. The van der Waals surface area contributed by atoms with E-state index in [1.807, 2.05) is 30.7 Å². The highest BCUT2D eigenvalue weighted by molar-refractivity contribution is 14.0. The number of aromatic hydroxyl groups is 1. The van der Waals surface area contributed by atoms with E-state index in [1.165, 1.54) is 0 Å². The van der Waals surface area contributed by atoms with E-state index in [9.17, 15) is 5.11 Å². The Kier molecular flexibility index (Phi) is 7.03. The zero-order chi connectivity index (χ0) is 16.9. The first-order chi connectivity index (χ1) is 11.7. The van der Waals surface area contributed by atoms with E-state index < -0.39 is 0 Å². The molecule has 3 rings (SSSR count). The Labute approximate surface area is 165 Å². The number of guanidine groups is 1. The Hall–Kier alpha value is -1.84. The number of aliphatic imine (C=N–C) groups is 1. The van der Waals surface area contributed by atoms with Crippen LogP contribution in [0.25, 0.3) is 0 Å². The van der Waals surface area contributed by atoms with Crippen LogP contribution in [0.3, 0.4) is 0 Å². The van der Waals surface area contributed by atoms with Crippen molar-refractivity contribution >= 4 is 29.9 Å². The predicted octanol–water partition coefficient (Wildman–Crippen LogP) is 2.50. The first-order valence-electron chi connectivity index (χ1n) is 8.40. The van der Waals surface area contributed by atoms with Gasteiger partial charge in [-0.25, -0.2) is 14.7 Å². The van der Waals surface area contributed by atoms with Crippen LogP contribution in [-0.4, -0.2) is 32.4 Å². The normalized spacial score (nSPS) is 16.7. The van der Waals surface area contributed by atoms with Gasteiger partial charge in [-0.2, -0.15) is 5.10 Å². The number of benzene rings is 1. The van der Waals surface area contributed by atoms with E-state index in [0.29, 0.717) is 6.54 Å². The van der Waals surface area contributed by atoms with Crippen molar-refractivity contribution in [3.63, 3.8) is 0 Å². The molecule has 0 saturated heterocycles. The second-order valence-corrected chi connectivity index (χ2v) is 5.94. The number of phenolic OH excluding ortho intramolecular Hbond substituents is 1. The van der Waals surface area contributed by atoms with Gasteiger partial charge in [0.05, 0.1) is 12.6 Å². The van der Waals surface area contributed by atoms with Crippen LogP contribution in [0.1, 0.15) is 43.0 Å². The third-order valence-electron chi connectivity index (χ3n) is 3.99. The van der Waals surface area contributed by atoms with E-state index in [0.717, 1.165) is 49.1 Å². The molecule has 1 atom stereocenters. The van der Waals surface area contributed by atoms with E-state index in [2.05, 4.69) is 25.7 Å². The molecule has 3 N–H and O–H groups in total. The number of fused-ring (bicyclic) bond motifs is 1. The molecule has 0 aliphatic carbocycles. The SMILES string of the molecule is CCNC(=NCc1ccc(O)cc1)NC1CCCn2nc(C)nc21.I. The van der Waals surface area contributed by atoms with Gasteiger partial charge in [0.25, 0.3) is 0 Å². The summed E-state index contributed by atoms with van der Waals surface area (Å²) in [5.74, 6) is 2.83. The molecular weight excluding hydrogens is 431 g/mol. The molecule has 1 unspecified atom stereocenters. The standard InChI is InChI=1S/C17H24N6O.HI/c1-3-18-17(19-11-13-6-8-14(24)9-7-13)21-15-5-4-10-23-16(15)20-12(2)22-23;/h6-9,15,24H,3-5,10-11H2,1-2H3,(H2,18,19,21);1H. The maximum atomic E-state index is 9.35. The highest BCUT2D eigenvalue weighted by atomic mass is 127. The molecule has 1 aliphatic rings. The van der Waals surface area contributed by atoms with Crippen LogP contribution in [-0.2, 0) is 13.1 Å². The van der Waals surface area contributed by atoms with Gasteiger partial charge in [0.1, 0.15) is 17.4 Å². The first kappa shape index (κ1) is 19.5. The highest BCUT2D eigenvalue weighted by Gasteiger charge is 2.24. The molecule has 0 saturated carbocycles. The van der Waals surface area contributed by atoms with Gasteiger partial charge in [-0.3, -0.25) is 0 Å². The highest BCUT2D eigenvalue weighted by Crippen LogP contribution is 2.22. The van der Waals surface area contributed by atoms with Crippen molar-refractivity contribution in [1.29, 1.82) is 0 Å². The summed E-state index contributed by atoms with van der Waals surface area (Å²) in [4.78, 5) is 9.20. The predicted molar refractivity (Wildman–Crippen MR) is 108 cm³/mol. The summed E-state index contributed by atoms with van der Waals surface area (Å²) in [6.45, 7) is 6.24. The monoisotopic (exact) mass is 456 g/mol. The maximum absolute atomic E-state index is 9.35. The number of nitrogens with one attached hydrogen (secondary N) is 2. The largest absolute Gasteiger partial charge is 0.508 e. The van der Waals surface area contributed by atoms with Crippen molar-refractivity contribution in [1.82, 2.24) is 25.4 Å². The molecular formula is C17H25IN6O. The number of hydrogen-bond donors (Lipinski definition) is 3. The fourth-order valence-corrected chi connectivity index (χ4v) is 2.86. The maximum Gasteiger partial charge on any atom is 0.192 e. The summed E-state index contributed by atoms with van der Waals surface area (Å²) < 4.78 is 1.99. The Morgan fingerprint density at radius 3 is 2.84 bits per heavy atom. The fraction of sp³-hybridized carbons (Fsp3) is 0.471. The zero-order valence-corrected chi connectivity index (χ0v) is 16.9. The van der Waals surface area contributed by atoms with Crippen LogP contribution in [0, 0.1) is 6.92 Å². The van der Waals surface area contributed by atoms with Crippen LogP contribution in [0.5, 0.6) is 5.75 Å². The third-order valence-corrected chi connectivity index (χ3v) is 3.99. The van der Waals surface area contributed by atoms with Crippen molar-refractivity contribution in [2.24, 2.45) is 4.99 Å². The lowest BCUT2D eigenvalue weighted by Crippen LogP contribution is -2.41. The number of nitrogens with zero attached hydrogens (tertiary/aromatic N) is 4. The van der Waals surface area contributed by atoms with Gasteiger partial charge in [0.2, 0.25) is 0 Å². The average Bonchev–Trinajstić information content (AvgIpc) is 2.95. The molecule has 0 fully saturated rings. The second kappa shape index (κ2) is 9.02. The summed E-state index contributed by atoms with van der Waals surface area (Å²) in [5.41, 5.74) is 1.05. The summed E-state index contributed by atoms with van der Waals surface area (Å²) in [5, 5.41) is 20.5. The third kappa shape index (κ3) is 5.07. The second-order valence-electron chi connectivity index (χ2n) is 5.94. The average molecular weight is 456 g/mol. The molecule has 136 valence electrons. The minimum atomic E-state index is 0. The Bertz CT molecular complexity index is 712. The van der Waals surface area contributed by atoms with Gasteiger partial charge in [-0.1, -0.05) is 12.1 Å². The Balaban J connectivity index is 0.00000225. The Morgan fingerprint density at radius 1 is 1.36 bits per heavy atom. The van der Waals surface area contributed by atoms with Gasteiger partial charge in [0.15, 0.2) is 5.96 Å². The van der Waals surface area contributed by atoms with Crippen LogP contribution in [0.15, 0.2) is 29.3 Å². The molecule has 1 aliphatic heterocycles. The van der Waals surface area contributed by atoms with E-state index >= 15 is 0 Å². The molecule has 2 heterocycles. The lowest BCUT2D eigenvalue weighted by molar-refractivity contribution is 0.397. The molecule has 0 spiro atoms. The lowest BCUT2D eigenvalue weighted by Gasteiger charge is -2.25. The van der Waals surface area contributed by atoms with Gasteiger partial charge in [0, 0.05) is 13.1 Å². The van der Waals surface area contributed by atoms with Gasteiger partial charge in [-0.05, 0) is 44.4 Å². The van der Waals surface area contributed by atoms with Crippen LogP contribution in [0.4, 0.5) is 0 Å². The molecule has 0 amide bonds. The van der Waals surface area contributed by atoms with E-state index in [-0.39, 0.29) is 35.8 Å². The van der Waals surface area contributed by atoms with Crippen LogP contribution >= 0.6 is 24.0 Å². The van der Waals surface area contributed by atoms with Crippen molar-refractivity contribution in [2.75, 3.05) is 6.54 Å². The zero-order valence-electron chi connectivity index (χ0n) is 14.6. The lowest BCUT2D eigenvalue weighted by atomic mass is 10.1. The molecule has 0 bridgehead atoms. The number of aryl methyl sites for hydroxylation is 2. The number of rotatable bonds is 4. The number of halogens is 1. The molecule has 1 aromatic carbocycles. The van der Waals surface area contributed by atoms with Crippen molar-refractivity contribution in [2.45, 2.75) is 45.8 Å². The van der Waals surface area contributed by atoms with Crippen molar-refractivity contribution in [3.8, 4) is 5.75 Å². The van der Waals surface area contributed by atoms with E-state index in [4.69, 9.17) is 0 Å². The van der Waals surface area contributed by atoms with E-state index in [1.54, 1.807) is 12.1 Å². The summed E-state index contributed by atoms with van der Waals surface area (Å²) in [7, 11) is 0. The van der Waals surface area contributed by atoms with Gasteiger partial charge < -0.3 is 15.7 Å². The summed E-state index contributed by atoms with van der Waals surface area (Å²) >= 11 is 0. The molecule has 7 nitrogen and oxygen atoms in total. The topological polar surface area (TPSA) is 87.4 Å². The fourth-order valence-electron chi connectivity index (χ4n) is 2.86. The number of phenols is 1. The number of aromatic nitrogens is 3. The smallest absolute Gasteiger partial charge is 0.192 e. The van der Waals surface area contributed by atoms with Gasteiger partial charge in [-0.15, -0.1) is 24.0 Å².